The second-order valence-corrected chi connectivity index (χ2v) is 3.31. The van der Waals surface area contributed by atoms with Crippen LogP contribution in [-0.2, 0) is 0 Å². The van der Waals surface area contributed by atoms with Crippen LogP contribution in [0.2, 0.25) is 0 Å². The van der Waals surface area contributed by atoms with Gasteiger partial charge in [0.1, 0.15) is 0 Å². The highest BCUT2D eigenvalue weighted by molar-refractivity contribution is 5.79. The van der Waals surface area contributed by atoms with E-state index in [1.165, 1.54) is 5.56 Å². The lowest BCUT2D eigenvalue weighted by molar-refractivity contribution is 1.39. The van der Waals surface area contributed by atoms with Crippen molar-refractivity contribution >= 4 is 18.3 Å². The number of nitrogens with two attached hydrogens (primary N) is 1. The lowest BCUT2D eigenvalue weighted by Crippen LogP contribution is -2.03. The molecule has 0 spiro atoms. The number of amidine groups is 1. The van der Waals surface area contributed by atoms with E-state index in [0.717, 1.165) is 11.3 Å². The first-order chi connectivity index (χ1) is 7.13. The first-order valence-corrected chi connectivity index (χ1v) is 4.67. The van der Waals surface area contributed by atoms with Crippen molar-refractivity contribution in [2.24, 2.45) is 15.7 Å². The molecule has 2 N–H and O–H groups in total. The Hall–Kier alpha value is -1.90. The fourth-order valence-electron chi connectivity index (χ4n) is 1.17. The van der Waals surface area contributed by atoms with E-state index in [2.05, 4.69) is 16.7 Å². The van der Waals surface area contributed by atoms with Crippen LogP contribution in [0.5, 0.6) is 0 Å². The van der Waals surface area contributed by atoms with E-state index in [0.29, 0.717) is 5.84 Å². The minimum atomic E-state index is 0.504. The quantitative estimate of drug-likeness (QED) is 0.592. The number of aliphatic imine (C=N–C) groups is 2. The summed E-state index contributed by atoms with van der Waals surface area (Å²) in [5.41, 5.74) is 8.34. The van der Waals surface area contributed by atoms with Gasteiger partial charge in [-0.2, -0.15) is 0 Å². The smallest absolute Gasteiger partial charge is 0.0958 e. The molecule has 0 heterocycles. The topological polar surface area (TPSA) is 50.7 Å². The van der Waals surface area contributed by atoms with E-state index in [1.807, 2.05) is 31.2 Å². The highest BCUT2D eigenvalue weighted by atomic mass is 14.8. The van der Waals surface area contributed by atoms with Crippen molar-refractivity contribution in [2.75, 3.05) is 0 Å². The van der Waals surface area contributed by atoms with Crippen LogP contribution in [0.15, 0.2) is 40.5 Å². The average molecular weight is 201 g/mol. The molecule has 1 aromatic carbocycles. The third kappa shape index (κ3) is 3.38. The molecule has 1 aromatic rings. The molecule has 15 heavy (non-hydrogen) atoms. The van der Waals surface area contributed by atoms with Crippen LogP contribution >= 0.6 is 0 Å². The number of nitrogens with zero attached hydrogens (tertiary/aromatic N) is 2. The van der Waals surface area contributed by atoms with Crippen molar-refractivity contribution in [2.45, 2.75) is 13.8 Å². The minimum Gasteiger partial charge on any atom is -0.387 e. The first-order valence-electron chi connectivity index (χ1n) is 4.67. The predicted molar refractivity (Wildman–Crippen MR) is 66.0 cm³/mol. The maximum Gasteiger partial charge on any atom is 0.0958 e. The Morgan fingerprint density at radius 3 is 2.73 bits per heavy atom. The van der Waals surface area contributed by atoms with Crippen molar-refractivity contribution in [1.29, 1.82) is 0 Å². The van der Waals surface area contributed by atoms with E-state index in [1.54, 1.807) is 13.1 Å². The Bertz CT molecular complexity index is 413. The van der Waals surface area contributed by atoms with Crippen molar-refractivity contribution in [3.8, 4) is 0 Å². The molecular formula is C12H15N3. The highest BCUT2D eigenvalue weighted by Crippen LogP contribution is 2.16. The standard InChI is InChI=1S/C12H15N3/c1-9-5-4-6-11(7-9)12(14-3)8-15-10(2)13/h4-8H,3H2,1-2H3,(H2,13,15)/b12-8-. The van der Waals surface area contributed by atoms with Gasteiger partial charge in [-0.15, -0.1) is 0 Å². The molecule has 0 unspecified atom stereocenters. The lowest BCUT2D eigenvalue weighted by Gasteiger charge is -2.01. The second kappa shape index (κ2) is 5.10. The fourth-order valence-corrected chi connectivity index (χ4v) is 1.17. The van der Waals surface area contributed by atoms with Crippen molar-refractivity contribution in [3.63, 3.8) is 0 Å². The molecule has 0 saturated heterocycles. The molecule has 3 nitrogen and oxygen atoms in total. The van der Waals surface area contributed by atoms with Gasteiger partial charge in [-0.1, -0.05) is 23.8 Å². The van der Waals surface area contributed by atoms with Gasteiger partial charge in [0.25, 0.3) is 0 Å². The van der Waals surface area contributed by atoms with Crippen molar-refractivity contribution in [1.82, 2.24) is 0 Å². The zero-order chi connectivity index (χ0) is 11.3. The van der Waals surface area contributed by atoms with Crippen LogP contribution in [0.4, 0.5) is 0 Å². The molecule has 78 valence electrons. The van der Waals surface area contributed by atoms with Crippen molar-refractivity contribution in [3.05, 3.63) is 41.6 Å². The molecule has 0 saturated carbocycles. The Morgan fingerprint density at radius 2 is 2.20 bits per heavy atom. The van der Waals surface area contributed by atoms with Crippen LogP contribution in [0.3, 0.4) is 0 Å². The normalized spacial score (nSPS) is 12.7. The Labute approximate surface area is 90.1 Å². The SMILES string of the molecule is C=N/C(=C\N=C(C)N)c1cccc(C)c1. The maximum absolute atomic E-state index is 5.45. The van der Waals surface area contributed by atoms with Crippen LogP contribution in [0.25, 0.3) is 5.70 Å². The van der Waals surface area contributed by atoms with Crippen LogP contribution in [-0.4, -0.2) is 12.6 Å². The van der Waals surface area contributed by atoms with Crippen LogP contribution in [0.1, 0.15) is 18.1 Å². The van der Waals surface area contributed by atoms with E-state index < -0.39 is 0 Å². The van der Waals surface area contributed by atoms with Crippen LogP contribution in [0, 0.1) is 6.92 Å². The third-order valence-corrected chi connectivity index (χ3v) is 1.87. The largest absolute Gasteiger partial charge is 0.387 e. The third-order valence-electron chi connectivity index (χ3n) is 1.87. The first kappa shape index (κ1) is 11.2. The highest BCUT2D eigenvalue weighted by Gasteiger charge is 1.97. The molecule has 0 radical (unpaired) electrons. The van der Waals surface area contributed by atoms with Crippen molar-refractivity contribution < 1.29 is 0 Å². The summed E-state index contributed by atoms with van der Waals surface area (Å²) in [5, 5.41) is 0. The van der Waals surface area contributed by atoms with E-state index in [4.69, 9.17) is 5.73 Å². The molecule has 0 aromatic heterocycles. The molecule has 1 rings (SSSR count). The summed E-state index contributed by atoms with van der Waals surface area (Å²) in [4.78, 5) is 7.92. The lowest BCUT2D eigenvalue weighted by atomic mass is 10.1. The molecular weight excluding hydrogens is 186 g/mol. The molecule has 0 atom stereocenters. The zero-order valence-electron chi connectivity index (χ0n) is 9.07. The summed E-state index contributed by atoms with van der Waals surface area (Å²) in [5.74, 6) is 0.504. The summed E-state index contributed by atoms with van der Waals surface area (Å²) < 4.78 is 0. The van der Waals surface area contributed by atoms with E-state index in [-0.39, 0.29) is 0 Å². The zero-order valence-corrected chi connectivity index (χ0v) is 9.07. The van der Waals surface area contributed by atoms with Gasteiger partial charge >= 0.3 is 0 Å². The monoisotopic (exact) mass is 201 g/mol. The summed E-state index contributed by atoms with van der Waals surface area (Å²) in [6.07, 6.45) is 1.62. The van der Waals surface area contributed by atoms with Gasteiger partial charge in [0.05, 0.1) is 17.7 Å². The molecule has 0 aliphatic heterocycles. The molecule has 0 aliphatic rings. The average Bonchev–Trinajstić information content (AvgIpc) is 2.18. The maximum atomic E-state index is 5.45. The summed E-state index contributed by atoms with van der Waals surface area (Å²) in [7, 11) is 0. The number of aryl methyl sites for hydroxylation is 1. The van der Waals surface area contributed by atoms with Gasteiger partial charge < -0.3 is 5.73 Å². The minimum absolute atomic E-state index is 0.504. The molecule has 0 fully saturated rings. The number of benzene rings is 1. The second-order valence-electron chi connectivity index (χ2n) is 3.31. The van der Waals surface area contributed by atoms with Gasteiger partial charge in [-0.05, 0) is 26.6 Å². The van der Waals surface area contributed by atoms with E-state index >= 15 is 0 Å². The van der Waals surface area contributed by atoms with Crippen LogP contribution < -0.4 is 5.73 Å². The molecule has 0 bridgehead atoms. The molecule has 0 amide bonds. The predicted octanol–water partition coefficient (Wildman–Crippen LogP) is 2.37. The Balaban J connectivity index is 3.08. The number of rotatable bonds is 3. The van der Waals surface area contributed by atoms with Gasteiger partial charge in [-0.3, -0.25) is 4.99 Å². The Kier molecular flexibility index (Phi) is 3.80. The van der Waals surface area contributed by atoms with Gasteiger partial charge in [-0.25, -0.2) is 4.99 Å². The summed E-state index contributed by atoms with van der Waals surface area (Å²) >= 11 is 0. The van der Waals surface area contributed by atoms with Gasteiger partial charge in [0.15, 0.2) is 0 Å². The Morgan fingerprint density at radius 1 is 1.47 bits per heavy atom. The van der Waals surface area contributed by atoms with Gasteiger partial charge in [0, 0.05) is 5.56 Å². The molecule has 0 aliphatic carbocycles. The van der Waals surface area contributed by atoms with Gasteiger partial charge in [0.2, 0.25) is 0 Å². The fraction of sp³-hybridized carbons (Fsp3) is 0.167. The molecule has 3 heteroatoms. The number of hydrogen-bond acceptors (Lipinski definition) is 2. The summed E-state index contributed by atoms with van der Waals surface area (Å²) in [6, 6.07) is 8.00. The van der Waals surface area contributed by atoms with E-state index in [9.17, 15) is 0 Å². The summed E-state index contributed by atoms with van der Waals surface area (Å²) in [6.45, 7) is 7.28. The number of hydrogen-bond donors (Lipinski definition) is 1.